The molecular formula is C43H61N9O8. The van der Waals surface area contributed by atoms with Crippen LogP contribution in [0.5, 0.6) is 0 Å². The monoisotopic (exact) mass is 831 g/mol. The molecule has 6 N–H and O–H groups in total. The Labute approximate surface area is 349 Å². The van der Waals surface area contributed by atoms with E-state index in [-0.39, 0.29) is 48.1 Å². The van der Waals surface area contributed by atoms with Gasteiger partial charge in [-0.05, 0) is 81.5 Å². The van der Waals surface area contributed by atoms with Crippen LogP contribution in [0.4, 0.5) is 5.69 Å². The van der Waals surface area contributed by atoms with Crippen molar-refractivity contribution < 1.29 is 24.2 Å². The average Bonchev–Trinajstić information content (AvgIpc) is 3.60. The summed E-state index contributed by atoms with van der Waals surface area (Å²) in [6.45, 7) is 8.57. The highest BCUT2D eigenvalue weighted by Gasteiger charge is 2.36. The second-order valence-corrected chi connectivity index (χ2v) is 15.7. The van der Waals surface area contributed by atoms with Gasteiger partial charge in [0.2, 0.25) is 17.7 Å². The van der Waals surface area contributed by atoms with Crippen molar-refractivity contribution in [1.29, 1.82) is 0 Å². The molecule has 0 bridgehead atoms. The SMILES string of the molecule is CCc1c(C)[nH]c(=O)c(NC(=O)CCCCCCCCC(=O)NCCCCNC(=O)CCc2cn([C@H]3C[C@H](N=[N+]=[N-])[C@@H](CO)O3)c(=O)[nH]c2=O)c1Cc1cc(C)cc(C)c1. The number of anilines is 1. The minimum Gasteiger partial charge on any atom is -0.394 e. The predicted octanol–water partition coefficient (Wildman–Crippen LogP) is 4.97. The molecule has 3 heterocycles. The van der Waals surface area contributed by atoms with Crippen LogP contribution in [0.15, 0.2) is 43.9 Å². The van der Waals surface area contributed by atoms with Crippen molar-refractivity contribution in [1.82, 2.24) is 25.2 Å². The molecule has 3 aromatic rings. The van der Waals surface area contributed by atoms with Gasteiger partial charge in [0.1, 0.15) is 11.9 Å². The van der Waals surface area contributed by atoms with Gasteiger partial charge in [0, 0.05) is 67.6 Å². The molecule has 1 aromatic carbocycles. The summed E-state index contributed by atoms with van der Waals surface area (Å²) < 4.78 is 6.83. The quantitative estimate of drug-likeness (QED) is 0.0310. The first-order chi connectivity index (χ1) is 28.8. The summed E-state index contributed by atoms with van der Waals surface area (Å²) in [7, 11) is 0. The highest BCUT2D eigenvalue weighted by atomic mass is 16.5. The number of aromatic nitrogens is 3. The summed E-state index contributed by atoms with van der Waals surface area (Å²) in [4.78, 5) is 83.4. The number of aryl methyl sites for hydroxylation is 4. The van der Waals surface area contributed by atoms with E-state index in [9.17, 15) is 33.9 Å². The van der Waals surface area contributed by atoms with Gasteiger partial charge in [-0.3, -0.25) is 33.5 Å². The second kappa shape index (κ2) is 23.9. The van der Waals surface area contributed by atoms with Crippen molar-refractivity contribution in [2.75, 3.05) is 25.0 Å². The molecule has 0 aliphatic carbocycles. The van der Waals surface area contributed by atoms with Gasteiger partial charge in [0.05, 0.1) is 18.8 Å². The summed E-state index contributed by atoms with van der Waals surface area (Å²) in [6.07, 6.45) is 8.56. The van der Waals surface area contributed by atoms with Crippen molar-refractivity contribution in [3.05, 3.63) is 105 Å². The zero-order chi connectivity index (χ0) is 43.6. The summed E-state index contributed by atoms with van der Waals surface area (Å²) in [5.41, 5.74) is 13.9. The summed E-state index contributed by atoms with van der Waals surface area (Å²) >= 11 is 0. The molecule has 1 saturated heterocycles. The van der Waals surface area contributed by atoms with Gasteiger partial charge in [-0.15, -0.1) is 0 Å². The smallest absolute Gasteiger partial charge is 0.330 e. The van der Waals surface area contributed by atoms with E-state index in [0.717, 1.165) is 72.0 Å². The number of rotatable bonds is 24. The molecule has 17 heteroatoms. The van der Waals surface area contributed by atoms with E-state index in [1.54, 1.807) is 0 Å². The fourth-order valence-electron chi connectivity index (χ4n) is 7.77. The summed E-state index contributed by atoms with van der Waals surface area (Å²) in [5.74, 6) is -0.441. The lowest BCUT2D eigenvalue weighted by Gasteiger charge is -2.17. The number of hydrogen-bond donors (Lipinski definition) is 6. The van der Waals surface area contributed by atoms with Crippen LogP contribution in [0.25, 0.3) is 10.4 Å². The molecule has 0 spiro atoms. The Morgan fingerprint density at radius 1 is 0.850 bits per heavy atom. The number of azide groups is 1. The van der Waals surface area contributed by atoms with Gasteiger partial charge in [0.25, 0.3) is 11.1 Å². The van der Waals surface area contributed by atoms with E-state index in [2.05, 4.69) is 74.9 Å². The summed E-state index contributed by atoms with van der Waals surface area (Å²) in [5, 5.41) is 21.8. The minimum absolute atomic E-state index is 0.0142. The Bertz CT molecular complexity index is 2150. The number of benzene rings is 1. The van der Waals surface area contributed by atoms with E-state index in [1.165, 1.54) is 10.8 Å². The molecule has 4 rings (SSSR count). The topological polar surface area (TPSA) is 253 Å². The number of ether oxygens (including phenoxy) is 1. The maximum Gasteiger partial charge on any atom is 0.330 e. The molecule has 1 fully saturated rings. The first kappa shape index (κ1) is 47.2. The van der Waals surface area contributed by atoms with Crippen molar-refractivity contribution in [2.45, 2.75) is 142 Å². The van der Waals surface area contributed by atoms with E-state index in [1.807, 2.05) is 6.92 Å². The highest BCUT2D eigenvalue weighted by molar-refractivity contribution is 5.91. The number of carbonyl (C=O) groups excluding carboxylic acids is 3. The molecular weight excluding hydrogens is 771 g/mol. The van der Waals surface area contributed by atoms with E-state index >= 15 is 0 Å². The molecule has 1 aliphatic rings. The van der Waals surface area contributed by atoms with E-state index in [0.29, 0.717) is 57.3 Å². The number of hydrogen-bond acceptors (Lipinski definition) is 9. The number of nitrogens with zero attached hydrogens (tertiary/aromatic N) is 4. The van der Waals surface area contributed by atoms with Crippen LogP contribution in [0, 0.1) is 20.8 Å². The Morgan fingerprint density at radius 2 is 1.47 bits per heavy atom. The molecule has 60 heavy (non-hydrogen) atoms. The van der Waals surface area contributed by atoms with Gasteiger partial charge in [-0.1, -0.05) is 67.0 Å². The van der Waals surface area contributed by atoms with Crippen LogP contribution in [-0.4, -0.2) is 69.2 Å². The summed E-state index contributed by atoms with van der Waals surface area (Å²) in [6, 6.07) is 5.69. The van der Waals surface area contributed by atoms with Crippen LogP contribution in [0.2, 0.25) is 0 Å². The number of aliphatic hydroxyl groups excluding tert-OH is 1. The zero-order valence-electron chi connectivity index (χ0n) is 35.4. The lowest BCUT2D eigenvalue weighted by Crippen LogP contribution is -2.35. The molecule has 0 radical (unpaired) electrons. The molecule has 1 aliphatic heterocycles. The van der Waals surface area contributed by atoms with E-state index < -0.39 is 36.2 Å². The Hall–Kier alpha value is -5.51. The number of carbonyl (C=O) groups is 3. The fourth-order valence-corrected chi connectivity index (χ4v) is 7.77. The van der Waals surface area contributed by atoms with Gasteiger partial charge in [-0.2, -0.15) is 0 Å². The third-order valence-electron chi connectivity index (χ3n) is 10.8. The normalized spacial score (nSPS) is 16.0. The van der Waals surface area contributed by atoms with Crippen LogP contribution < -0.4 is 32.8 Å². The van der Waals surface area contributed by atoms with Gasteiger partial charge in [-0.25, -0.2) is 4.79 Å². The predicted molar refractivity (Wildman–Crippen MR) is 229 cm³/mol. The van der Waals surface area contributed by atoms with Crippen molar-refractivity contribution >= 4 is 23.4 Å². The highest BCUT2D eigenvalue weighted by Crippen LogP contribution is 2.30. The van der Waals surface area contributed by atoms with E-state index in [4.69, 9.17) is 10.3 Å². The van der Waals surface area contributed by atoms with Crippen LogP contribution >= 0.6 is 0 Å². The first-order valence-electron chi connectivity index (χ1n) is 21.1. The molecule has 3 atom stereocenters. The minimum atomic E-state index is -0.844. The van der Waals surface area contributed by atoms with Gasteiger partial charge in [0.15, 0.2) is 0 Å². The van der Waals surface area contributed by atoms with Crippen LogP contribution in [0.3, 0.4) is 0 Å². The number of nitrogens with one attached hydrogen (secondary N) is 5. The Morgan fingerprint density at radius 3 is 2.08 bits per heavy atom. The lowest BCUT2D eigenvalue weighted by atomic mass is 9.94. The van der Waals surface area contributed by atoms with Crippen LogP contribution in [0.1, 0.15) is 129 Å². The number of H-pyrrole nitrogens is 2. The molecule has 17 nitrogen and oxygen atoms in total. The zero-order valence-corrected chi connectivity index (χ0v) is 35.4. The second-order valence-electron chi connectivity index (χ2n) is 15.7. The maximum atomic E-state index is 13.0. The first-order valence-corrected chi connectivity index (χ1v) is 21.1. The molecule has 0 saturated carbocycles. The van der Waals surface area contributed by atoms with Gasteiger partial charge < -0.3 is 30.8 Å². The lowest BCUT2D eigenvalue weighted by molar-refractivity contribution is -0.122. The molecule has 3 amide bonds. The molecule has 326 valence electrons. The third kappa shape index (κ3) is 14.3. The van der Waals surface area contributed by atoms with Crippen LogP contribution in [-0.2, 0) is 38.4 Å². The standard InChI is InChI=1S/C43H61N9O8/c1-5-32-29(4)47-42(58)40(33(32)23-30-21-27(2)20-28(3)22-30)48-38(56)15-11-9-7-6-8-10-14-36(54)45-18-12-13-19-46-37(55)17-16-31-25-52(43(59)49-41(31)57)39-24-34(50-51-44)35(26-53)60-39/h20-22,25,34-35,39,53H,5-19,23-24,26H2,1-4H3,(H,45,54)(H,46,55)(H,47,58)(H,48,56)(H,49,57,59)/t34-,35+,39+/m0/s1. The average molecular weight is 832 g/mol. The number of aliphatic hydroxyl groups is 1. The fraction of sp³-hybridized carbons (Fsp3) is 0.581. The third-order valence-corrected chi connectivity index (χ3v) is 10.8. The van der Waals surface area contributed by atoms with Crippen molar-refractivity contribution in [2.24, 2.45) is 5.11 Å². The number of pyridine rings is 1. The number of amides is 3. The number of unbranched alkanes of at least 4 members (excludes halogenated alkanes) is 6. The largest absolute Gasteiger partial charge is 0.394 e. The Balaban J connectivity index is 1.04. The van der Waals surface area contributed by atoms with Gasteiger partial charge >= 0.3 is 5.69 Å². The van der Waals surface area contributed by atoms with Crippen molar-refractivity contribution in [3.63, 3.8) is 0 Å². The Kier molecular flexibility index (Phi) is 18.8. The number of aromatic amines is 2. The van der Waals surface area contributed by atoms with Crippen molar-refractivity contribution in [3.8, 4) is 0 Å². The molecule has 2 aromatic heterocycles. The molecule has 0 unspecified atom stereocenters. The maximum absolute atomic E-state index is 13.0.